The molecule has 0 saturated carbocycles. The van der Waals surface area contributed by atoms with Crippen LogP contribution in [0, 0.1) is 13.8 Å². The molecule has 1 amide bonds. The standard InChI is InChI=1S/C24H30ClN3O2/c1-17-15-20(16-18(2)24(17)25)30-14-7-6-13-28-22-10-5-4-9-21(22)27-23(28)11-8-12-26-19(3)29/h4-5,9-10,15-16H,6-8,11-14H2,1-3H3,(H,26,29). The Labute approximate surface area is 183 Å². The highest BCUT2D eigenvalue weighted by Gasteiger charge is 2.10. The number of carbonyl (C=O) groups is 1. The molecule has 30 heavy (non-hydrogen) atoms. The second-order valence-corrected chi connectivity index (χ2v) is 8.06. The molecule has 0 fully saturated rings. The molecule has 0 radical (unpaired) electrons. The van der Waals surface area contributed by atoms with E-state index in [2.05, 4.69) is 28.1 Å². The van der Waals surface area contributed by atoms with Crippen LogP contribution in [0.25, 0.3) is 11.0 Å². The minimum absolute atomic E-state index is 0.00887. The van der Waals surface area contributed by atoms with Crippen molar-refractivity contribution in [2.24, 2.45) is 0 Å². The number of ether oxygens (including phenoxy) is 1. The van der Waals surface area contributed by atoms with Gasteiger partial charge in [-0.1, -0.05) is 23.7 Å². The van der Waals surface area contributed by atoms with Crippen molar-refractivity contribution >= 4 is 28.5 Å². The first-order valence-electron chi connectivity index (χ1n) is 10.5. The third kappa shape index (κ3) is 5.76. The molecule has 0 atom stereocenters. The number of amides is 1. The summed E-state index contributed by atoms with van der Waals surface area (Å²) in [6.45, 7) is 7.79. The van der Waals surface area contributed by atoms with Crippen LogP contribution in [0.15, 0.2) is 36.4 Å². The second kappa shape index (κ2) is 10.5. The van der Waals surface area contributed by atoms with Crippen LogP contribution in [0.4, 0.5) is 0 Å². The third-order valence-corrected chi connectivity index (χ3v) is 5.74. The SMILES string of the molecule is CC(=O)NCCCc1nc2ccccc2n1CCCCOc1cc(C)c(Cl)c(C)c1. The predicted molar refractivity (Wildman–Crippen MR) is 122 cm³/mol. The first-order chi connectivity index (χ1) is 14.5. The number of halogens is 1. The molecule has 0 spiro atoms. The fraction of sp³-hybridized carbons (Fsp3) is 0.417. The van der Waals surface area contributed by atoms with Crippen molar-refractivity contribution in [3.63, 3.8) is 0 Å². The van der Waals surface area contributed by atoms with Gasteiger partial charge in [-0.15, -0.1) is 0 Å². The summed E-state index contributed by atoms with van der Waals surface area (Å²) in [6.07, 6.45) is 3.68. The predicted octanol–water partition coefficient (Wildman–Crippen LogP) is 5.23. The number of rotatable bonds is 10. The maximum absolute atomic E-state index is 11.1. The molecule has 6 heteroatoms. The van der Waals surface area contributed by atoms with E-state index < -0.39 is 0 Å². The largest absolute Gasteiger partial charge is 0.494 e. The topological polar surface area (TPSA) is 56.2 Å². The van der Waals surface area contributed by atoms with E-state index in [0.29, 0.717) is 13.2 Å². The van der Waals surface area contributed by atoms with Crippen LogP contribution in [-0.4, -0.2) is 28.6 Å². The van der Waals surface area contributed by atoms with Crippen LogP contribution in [0.2, 0.25) is 5.02 Å². The molecule has 0 saturated heterocycles. The van der Waals surface area contributed by atoms with Crippen LogP contribution in [-0.2, 0) is 17.8 Å². The molecule has 1 heterocycles. The Morgan fingerprint density at radius 2 is 1.87 bits per heavy atom. The average Bonchev–Trinajstić information content (AvgIpc) is 3.06. The Morgan fingerprint density at radius 3 is 2.60 bits per heavy atom. The first kappa shape index (κ1) is 22.2. The van der Waals surface area contributed by atoms with Gasteiger partial charge in [0.25, 0.3) is 0 Å². The molecule has 0 aliphatic heterocycles. The highest BCUT2D eigenvalue weighted by molar-refractivity contribution is 6.32. The first-order valence-corrected chi connectivity index (χ1v) is 10.9. The van der Waals surface area contributed by atoms with E-state index in [4.69, 9.17) is 21.3 Å². The molecule has 1 N–H and O–H groups in total. The molecule has 0 unspecified atom stereocenters. The van der Waals surface area contributed by atoms with Gasteiger partial charge in [0.15, 0.2) is 0 Å². The number of aryl methyl sites for hydroxylation is 4. The molecular formula is C24H30ClN3O2. The number of nitrogens with one attached hydrogen (secondary N) is 1. The Balaban J connectivity index is 1.55. The van der Waals surface area contributed by atoms with E-state index in [1.54, 1.807) is 6.92 Å². The van der Waals surface area contributed by atoms with Gasteiger partial charge in [-0.05, 0) is 68.5 Å². The summed E-state index contributed by atoms with van der Waals surface area (Å²) in [7, 11) is 0. The monoisotopic (exact) mass is 427 g/mol. The zero-order valence-electron chi connectivity index (χ0n) is 18.0. The Morgan fingerprint density at radius 1 is 1.13 bits per heavy atom. The number of para-hydroxylation sites is 2. The maximum atomic E-state index is 11.1. The third-order valence-electron chi connectivity index (χ3n) is 5.14. The van der Waals surface area contributed by atoms with Crippen molar-refractivity contribution < 1.29 is 9.53 Å². The lowest BCUT2D eigenvalue weighted by Gasteiger charge is -2.12. The van der Waals surface area contributed by atoms with Crippen LogP contribution in [0.5, 0.6) is 5.75 Å². The summed E-state index contributed by atoms with van der Waals surface area (Å²) in [5, 5.41) is 3.66. The molecule has 160 valence electrons. The lowest BCUT2D eigenvalue weighted by Crippen LogP contribution is -2.21. The van der Waals surface area contributed by atoms with Crippen molar-refractivity contribution in [3.05, 3.63) is 58.4 Å². The van der Waals surface area contributed by atoms with Crippen LogP contribution in [0.3, 0.4) is 0 Å². The zero-order chi connectivity index (χ0) is 21.5. The number of aromatic nitrogens is 2. The summed E-state index contributed by atoms with van der Waals surface area (Å²) < 4.78 is 8.24. The highest BCUT2D eigenvalue weighted by atomic mass is 35.5. The van der Waals surface area contributed by atoms with Crippen molar-refractivity contribution in [1.29, 1.82) is 0 Å². The highest BCUT2D eigenvalue weighted by Crippen LogP contribution is 2.26. The van der Waals surface area contributed by atoms with Crippen molar-refractivity contribution in [1.82, 2.24) is 14.9 Å². The Bertz CT molecular complexity index is 990. The maximum Gasteiger partial charge on any atom is 0.216 e. The molecule has 3 aromatic rings. The number of benzene rings is 2. The Kier molecular flexibility index (Phi) is 7.75. The summed E-state index contributed by atoms with van der Waals surface area (Å²) in [5.41, 5.74) is 4.27. The van der Waals surface area contributed by atoms with E-state index >= 15 is 0 Å². The normalized spacial score (nSPS) is 11.1. The van der Waals surface area contributed by atoms with Crippen LogP contribution < -0.4 is 10.1 Å². The van der Waals surface area contributed by atoms with Crippen molar-refractivity contribution in [2.75, 3.05) is 13.2 Å². The smallest absolute Gasteiger partial charge is 0.216 e. The fourth-order valence-corrected chi connectivity index (χ4v) is 3.74. The molecule has 0 aliphatic rings. The van der Waals surface area contributed by atoms with Gasteiger partial charge in [-0.3, -0.25) is 4.79 Å². The fourth-order valence-electron chi connectivity index (χ4n) is 3.63. The summed E-state index contributed by atoms with van der Waals surface area (Å²) in [4.78, 5) is 15.9. The summed E-state index contributed by atoms with van der Waals surface area (Å²) >= 11 is 6.23. The molecule has 3 rings (SSSR count). The molecule has 0 aliphatic carbocycles. The lowest BCUT2D eigenvalue weighted by molar-refractivity contribution is -0.118. The number of imidazole rings is 1. The van der Waals surface area contributed by atoms with Crippen molar-refractivity contribution in [3.8, 4) is 5.75 Å². The lowest BCUT2D eigenvalue weighted by atomic mass is 10.1. The van der Waals surface area contributed by atoms with E-state index in [1.807, 2.05) is 32.0 Å². The second-order valence-electron chi connectivity index (χ2n) is 7.68. The van der Waals surface area contributed by atoms with Gasteiger partial charge in [0.1, 0.15) is 11.6 Å². The van der Waals surface area contributed by atoms with E-state index in [9.17, 15) is 4.79 Å². The number of nitrogens with zero attached hydrogens (tertiary/aromatic N) is 2. The minimum atomic E-state index is 0.00887. The van der Waals surface area contributed by atoms with Crippen LogP contribution >= 0.6 is 11.6 Å². The minimum Gasteiger partial charge on any atom is -0.494 e. The number of unbranched alkanes of at least 4 members (excludes halogenated alkanes) is 1. The van der Waals surface area contributed by atoms with Gasteiger partial charge in [-0.2, -0.15) is 0 Å². The summed E-state index contributed by atoms with van der Waals surface area (Å²) in [5.74, 6) is 1.96. The molecule has 2 aromatic carbocycles. The van der Waals surface area contributed by atoms with Gasteiger partial charge < -0.3 is 14.6 Å². The van der Waals surface area contributed by atoms with Gasteiger partial charge in [0.05, 0.1) is 17.6 Å². The van der Waals surface area contributed by atoms with Crippen molar-refractivity contribution in [2.45, 2.75) is 53.0 Å². The van der Waals surface area contributed by atoms with E-state index in [-0.39, 0.29) is 5.91 Å². The van der Waals surface area contributed by atoms with Crippen LogP contribution in [0.1, 0.15) is 43.1 Å². The number of fused-ring (bicyclic) bond motifs is 1. The molecular weight excluding hydrogens is 398 g/mol. The number of hydrogen-bond donors (Lipinski definition) is 1. The molecule has 1 aromatic heterocycles. The molecule has 5 nitrogen and oxygen atoms in total. The van der Waals surface area contributed by atoms with E-state index in [1.165, 1.54) is 0 Å². The van der Waals surface area contributed by atoms with Gasteiger partial charge in [0, 0.05) is 31.5 Å². The number of hydrogen-bond acceptors (Lipinski definition) is 3. The zero-order valence-corrected chi connectivity index (χ0v) is 18.8. The number of carbonyl (C=O) groups excluding carboxylic acids is 1. The summed E-state index contributed by atoms with van der Waals surface area (Å²) in [6, 6.07) is 12.2. The molecule has 0 bridgehead atoms. The van der Waals surface area contributed by atoms with Gasteiger partial charge in [0.2, 0.25) is 5.91 Å². The Hall–Kier alpha value is -2.53. The average molecular weight is 428 g/mol. The van der Waals surface area contributed by atoms with E-state index in [0.717, 1.165) is 71.0 Å². The quantitative estimate of drug-likeness (QED) is 0.450. The van der Waals surface area contributed by atoms with Gasteiger partial charge >= 0.3 is 0 Å². The van der Waals surface area contributed by atoms with Gasteiger partial charge in [-0.25, -0.2) is 4.98 Å².